The molecule has 1 rings (SSSR count). The zero-order valence-corrected chi connectivity index (χ0v) is 14.3. The van der Waals surface area contributed by atoms with E-state index in [2.05, 4.69) is 68.0 Å². The molecule has 22 heavy (non-hydrogen) atoms. The van der Waals surface area contributed by atoms with Crippen LogP contribution in [0, 0.1) is 0 Å². The Morgan fingerprint density at radius 2 is 2.00 bits per heavy atom. The summed E-state index contributed by atoms with van der Waals surface area (Å²) in [5, 5.41) is 3.54. The average molecular weight is 298 g/mol. The molecule has 0 aliphatic rings. The predicted octanol–water partition coefficient (Wildman–Crippen LogP) is 5.45. The van der Waals surface area contributed by atoms with Crippen molar-refractivity contribution in [2.75, 3.05) is 6.54 Å². The first-order chi connectivity index (χ1) is 10.7. The molecule has 0 amide bonds. The summed E-state index contributed by atoms with van der Waals surface area (Å²) >= 11 is 0. The van der Waals surface area contributed by atoms with Gasteiger partial charge in [0.2, 0.25) is 0 Å². The number of aliphatic imine (C=N–C) groups is 1. The lowest BCUT2D eigenvalue weighted by molar-refractivity contribution is 0.660. The van der Waals surface area contributed by atoms with Crippen LogP contribution < -0.4 is 5.32 Å². The molecule has 120 valence electrons. The molecule has 0 bridgehead atoms. The van der Waals surface area contributed by atoms with E-state index >= 15 is 0 Å². The lowest BCUT2D eigenvalue weighted by atomic mass is 9.93. The van der Waals surface area contributed by atoms with Crippen molar-refractivity contribution >= 4 is 6.21 Å². The van der Waals surface area contributed by atoms with E-state index in [0.717, 1.165) is 13.0 Å². The van der Waals surface area contributed by atoms with Crippen LogP contribution in [0.15, 0.2) is 59.4 Å². The van der Waals surface area contributed by atoms with Gasteiger partial charge in [-0.15, -0.1) is 0 Å². The standard InChI is InChI=1S/C20H30N2/c1-5-7-11-14-22-18(4)20(16-21-6-2)15-17(3)19-12-9-8-10-13-19/h6,8-10,12-13,16-17,22H,2,5,7,11,14-15H2,1,3-4H3/b20-18+,21-16-. The van der Waals surface area contributed by atoms with Gasteiger partial charge in [0.25, 0.3) is 0 Å². The second-order valence-corrected chi connectivity index (χ2v) is 5.76. The third kappa shape index (κ3) is 6.75. The predicted molar refractivity (Wildman–Crippen MR) is 98.4 cm³/mol. The third-order valence-electron chi connectivity index (χ3n) is 3.88. The van der Waals surface area contributed by atoms with Gasteiger partial charge in [0.1, 0.15) is 0 Å². The highest BCUT2D eigenvalue weighted by atomic mass is 14.9. The fraction of sp³-hybridized carbons (Fsp3) is 0.450. The average Bonchev–Trinajstić information content (AvgIpc) is 2.55. The maximum Gasteiger partial charge on any atom is 0.0316 e. The highest BCUT2D eigenvalue weighted by Gasteiger charge is 2.09. The first kappa shape index (κ1) is 18.2. The van der Waals surface area contributed by atoms with Crippen LogP contribution in [0.5, 0.6) is 0 Å². The summed E-state index contributed by atoms with van der Waals surface area (Å²) in [4.78, 5) is 4.23. The van der Waals surface area contributed by atoms with Gasteiger partial charge in [0, 0.05) is 24.7 Å². The molecule has 0 radical (unpaired) electrons. The molecular weight excluding hydrogens is 268 g/mol. The fourth-order valence-electron chi connectivity index (χ4n) is 2.44. The molecule has 0 saturated heterocycles. The van der Waals surface area contributed by atoms with Gasteiger partial charge in [-0.3, -0.25) is 4.99 Å². The molecule has 2 nitrogen and oxygen atoms in total. The van der Waals surface area contributed by atoms with Gasteiger partial charge >= 0.3 is 0 Å². The highest BCUT2D eigenvalue weighted by molar-refractivity contribution is 5.80. The summed E-state index contributed by atoms with van der Waals surface area (Å²) in [6, 6.07) is 10.6. The summed E-state index contributed by atoms with van der Waals surface area (Å²) in [5.74, 6) is 0.472. The molecule has 0 spiro atoms. The first-order valence-electron chi connectivity index (χ1n) is 8.31. The number of hydrogen-bond acceptors (Lipinski definition) is 2. The van der Waals surface area contributed by atoms with Gasteiger partial charge in [-0.25, -0.2) is 0 Å². The van der Waals surface area contributed by atoms with E-state index < -0.39 is 0 Å². The van der Waals surface area contributed by atoms with E-state index in [1.54, 1.807) is 6.20 Å². The van der Waals surface area contributed by atoms with Crippen molar-refractivity contribution in [1.29, 1.82) is 0 Å². The zero-order chi connectivity index (χ0) is 16.2. The number of nitrogens with zero attached hydrogens (tertiary/aromatic N) is 1. The van der Waals surface area contributed by atoms with Gasteiger partial charge in [0.15, 0.2) is 0 Å². The number of rotatable bonds is 10. The Kier molecular flexibility index (Phi) is 8.97. The molecule has 0 aliphatic carbocycles. The van der Waals surface area contributed by atoms with Crippen molar-refractivity contribution in [2.24, 2.45) is 4.99 Å². The van der Waals surface area contributed by atoms with Crippen LogP contribution in [0.2, 0.25) is 0 Å². The Morgan fingerprint density at radius 1 is 1.27 bits per heavy atom. The van der Waals surface area contributed by atoms with E-state index in [1.807, 2.05) is 6.21 Å². The summed E-state index contributed by atoms with van der Waals surface area (Å²) in [5.41, 5.74) is 3.85. The fourth-order valence-corrected chi connectivity index (χ4v) is 2.44. The highest BCUT2D eigenvalue weighted by Crippen LogP contribution is 2.23. The topological polar surface area (TPSA) is 24.4 Å². The van der Waals surface area contributed by atoms with Crippen LogP contribution in [0.4, 0.5) is 0 Å². The van der Waals surface area contributed by atoms with E-state index in [-0.39, 0.29) is 0 Å². The Labute approximate surface area is 136 Å². The number of allylic oxidation sites excluding steroid dienone is 2. The van der Waals surface area contributed by atoms with E-state index in [1.165, 1.54) is 36.1 Å². The largest absolute Gasteiger partial charge is 0.388 e. The Balaban J connectivity index is 2.74. The lowest BCUT2D eigenvalue weighted by Gasteiger charge is -2.16. The maximum atomic E-state index is 4.23. The number of hydrogen-bond donors (Lipinski definition) is 1. The van der Waals surface area contributed by atoms with Crippen molar-refractivity contribution in [3.8, 4) is 0 Å². The molecule has 1 aromatic rings. The van der Waals surface area contributed by atoms with Crippen molar-refractivity contribution in [3.63, 3.8) is 0 Å². The monoisotopic (exact) mass is 298 g/mol. The molecule has 2 heteroatoms. The summed E-state index contributed by atoms with van der Waals surface area (Å²) < 4.78 is 0. The van der Waals surface area contributed by atoms with Crippen molar-refractivity contribution in [1.82, 2.24) is 5.32 Å². The third-order valence-corrected chi connectivity index (χ3v) is 3.88. The Morgan fingerprint density at radius 3 is 2.64 bits per heavy atom. The summed E-state index contributed by atoms with van der Waals surface area (Å²) in [6.45, 7) is 11.3. The minimum Gasteiger partial charge on any atom is -0.388 e. The molecule has 1 atom stereocenters. The normalized spacial score (nSPS) is 13.8. The number of unbranched alkanes of at least 4 members (excludes halogenated alkanes) is 2. The van der Waals surface area contributed by atoms with Gasteiger partial charge in [-0.2, -0.15) is 0 Å². The zero-order valence-electron chi connectivity index (χ0n) is 14.3. The summed E-state index contributed by atoms with van der Waals surface area (Å²) in [6.07, 6.45) is 8.26. The number of benzene rings is 1. The lowest BCUT2D eigenvalue weighted by Crippen LogP contribution is -2.16. The Bertz CT molecular complexity index is 486. The Hall–Kier alpha value is -1.83. The molecule has 0 aliphatic heterocycles. The van der Waals surface area contributed by atoms with Crippen LogP contribution >= 0.6 is 0 Å². The van der Waals surface area contributed by atoms with Crippen LogP contribution in [0.1, 0.15) is 57.9 Å². The molecule has 1 unspecified atom stereocenters. The van der Waals surface area contributed by atoms with Crippen molar-refractivity contribution in [2.45, 2.75) is 52.4 Å². The minimum atomic E-state index is 0.472. The smallest absolute Gasteiger partial charge is 0.0316 e. The summed E-state index contributed by atoms with van der Waals surface area (Å²) in [7, 11) is 0. The second-order valence-electron chi connectivity index (χ2n) is 5.76. The van der Waals surface area contributed by atoms with Crippen molar-refractivity contribution in [3.05, 3.63) is 59.9 Å². The second kappa shape index (κ2) is 10.8. The number of nitrogens with one attached hydrogen (secondary N) is 1. The van der Waals surface area contributed by atoms with Crippen LogP contribution in [0.3, 0.4) is 0 Å². The molecule has 1 aromatic carbocycles. The quantitative estimate of drug-likeness (QED) is 0.451. The minimum absolute atomic E-state index is 0.472. The SMILES string of the molecule is C=C/N=C\C(CC(C)c1ccccc1)=C(/C)NCCCCC. The van der Waals surface area contributed by atoms with Gasteiger partial charge < -0.3 is 5.32 Å². The molecule has 0 aromatic heterocycles. The maximum absolute atomic E-state index is 4.23. The van der Waals surface area contributed by atoms with Crippen molar-refractivity contribution < 1.29 is 0 Å². The van der Waals surface area contributed by atoms with Gasteiger partial charge in [0.05, 0.1) is 0 Å². The molecular formula is C20H30N2. The molecule has 1 N–H and O–H groups in total. The van der Waals surface area contributed by atoms with E-state index in [9.17, 15) is 0 Å². The molecule has 0 saturated carbocycles. The van der Waals surface area contributed by atoms with Crippen LogP contribution in [-0.4, -0.2) is 12.8 Å². The van der Waals surface area contributed by atoms with E-state index in [4.69, 9.17) is 0 Å². The van der Waals surface area contributed by atoms with Crippen LogP contribution in [0.25, 0.3) is 0 Å². The van der Waals surface area contributed by atoms with Crippen LogP contribution in [-0.2, 0) is 0 Å². The van der Waals surface area contributed by atoms with E-state index in [0.29, 0.717) is 5.92 Å². The molecule has 0 heterocycles. The van der Waals surface area contributed by atoms with Gasteiger partial charge in [-0.05, 0) is 36.8 Å². The first-order valence-corrected chi connectivity index (χ1v) is 8.31. The molecule has 0 fully saturated rings. The van der Waals surface area contributed by atoms with Gasteiger partial charge in [-0.1, -0.05) is 63.6 Å².